The smallest absolute Gasteiger partial charge is 0.253 e. The van der Waals surface area contributed by atoms with Gasteiger partial charge >= 0.3 is 0 Å². The van der Waals surface area contributed by atoms with Gasteiger partial charge in [-0.3, -0.25) is 28.8 Å². The Bertz CT molecular complexity index is 1840. The molecule has 0 aliphatic carbocycles. The van der Waals surface area contributed by atoms with Crippen molar-refractivity contribution >= 4 is 182 Å². The zero-order chi connectivity index (χ0) is 52.3. The summed E-state index contributed by atoms with van der Waals surface area (Å²) in [5, 5.41) is 123. The predicted octanol–water partition coefficient (Wildman–Crippen LogP) is -3.25. The van der Waals surface area contributed by atoms with Crippen molar-refractivity contribution in [2.75, 3.05) is 88.7 Å². The minimum absolute atomic E-state index is 0.0133. The second-order valence-corrected chi connectivity index (χ2v) is 20.7. The van der Waals surface area contributed by atoms with Gasteiger partial charge in [0.1, 0.15) is 0 Å². The van der Waals surface area contributed by atoms with Crippen LogP contribution >= 0.6 is 136 Å². The zero-order valence-electron chi connectivity index (χ0n) is 35.9. The number of rotatable bonds is 24. The van der Waals surface area contributed by atoms with Crippen LogP contribution < -0.4 is 31.1 Å². The van der Waals surface area contributed by atoms with E-state index in [4.69, 9.17) is 20.4 Å². The quantitative estimate of drug-likeness (QED) is 0.0459. The predicted molar refractivity (Wildman–Crippen MR) is 293 cm³/mol. The highest BCUT2D eigenvalue weighted by Crippen LogP contribution is 2.40. The molecule has 0 bridgehead atoms. The van der Waals surface area contributed by atoms with E-state index < -0.39 is 112 Å². The fraction of sp³-hybridized carbons (Fsp3) is 0.526. The van der Waals surface area contributed by atoms with E-state index in [9.17, 15) is 69.6 Å². The van der Waals surface area contributed by atoms with E-state index in [1.807, 2.05) is 90.4 Å². The van der Waals surface area contributed by atoms with E-state index in [1.165, 1.54) is 13.8 Å². The third-order valence-electron chi connectivity index (χ3n) is 8.84. The Labute approximate surface area is 471 Å². The van der Waals surface area contributed by atoms with Gasteiger partial charge in [0.05, 0.1) is 137 Å². The molecule has 0 radical (unpaired) electrons. The van der Waals surface area contributed by atoms with Gasteiger partial charge in [0.15, 0.2) is 0 Å². The van der Waals surface area contributed by atoms with Crippen LogP contribution in [0.15, 0.2) is 0 Å². The molecule has 0 fully saturated rings. The van der Waals surface area contributed by atoms with Gasteiger partial charge in [-0.1, -0.05) is 0 Å². The molecule has 2 rings (SSSR count). The van der Waals surface area contributed by atoms with Gasteiger partial charge in [-0.15, -0.1) is 0 Å². The standard InChI is InChI=1S/2C19H26I3N3O9/c2*1-8(29)25(4-11(32)7-28)17-15(21)12(18(33)23-2-9(30)5-26)14(20)13(16(17)22)19(34)24-3-10(31)6-27/h2*9-11,26-28,30-32H,2-7H2,1H3,(H,23,33)(H,24,34). The summed E-state index contributed by atoms with van der Waals surface area (Å²) < 4.78 is 1.52. The summed E-state index contributed by atoms with van der Waals surface area (Å²) in [4.78, 5) is 79.2. The first-order valence-corrected chi connectivity index (χ1v) is 26.1. The van der Waals surface area contributed by atoms with Crippen LogP contribution in [0, 0.1) is 21.4 Å². The van der Waals surface area contributed by atoms with Crippen molar-refractivity contribution in [3.8, 4) is 0 Å². The topological polar surface area (TPSA) is 400 Å². The number of anilines is 2. The molecule has 30 heteroatoms. The van der Waals surface area contributed by atoms with Crippen molar-refractivity contribution in [1.82, 2.24) is 21.3 Å². The van der Waals surface area contributed by atoms with Crippen LogP contribution in [0.2, 0.25) is 0 Å². The average Bonchev–Trinajstić information content (AvgIpc) is 3.29. The molecule has 2 aromatic rings. The summed E-state index contributed by atoms with van der Waals surface area (Å²) in [7, 11) is 0. The maximum atomic E-state index is 13.0. The number of aliphatic hydroxyl groups is 12. The number of hydrogen-bond acceptors (Lipinski definition) is 18. The van der Waals surface area contributed by atoms with Gasteiger partial charge in [0.25, 0.3) is 23.6 Å². The molecule has 0 saturated heterocycles. The van der Waals surface area contributed by atoms with Crippen LogP contribution in [0.25, 0.3) is 0 Å². The van der Waals surface area contributed by atoms with Crippen LogP contribution in [0.1, 0.15) is 55.3 Å². The van der Waals surface area contributed by atoms with E-state index in [0.29, 0.717) is 0 Å². The third kappa shape index (κ3) is 18.9. The first kappa shape index (κ1) is 65.2. The van der Waals surface area contributed by atoms with Gasteiger partial charge in [-0.25, -0.2) is 0 Å². The maximum Gasteiger partial charge on any atom is 0.253 e. The molecule has 0 heterocycles. The summed E-state index contributed by atoms with van der Waals surface area (Å²) in [5.74, 6) is -3.78. The van der Waals surface area contributed by atoms with Crippen LogP contribution in [0.3, 0.4) is 0 Å². The van der Waals surface area contributed by atoms with Crippen LogP contribution in [-0.2, 0) is 9.59 Å². The third-order valence-corrected chi connectivity index (χ3v) is 15.2. The van der Waals surface area contributed by atoms with E-state index in [1.54, 1.807) is 45.2 Å². The number of carbonyl (C=O) groups is 6. The molecular formula is C38H52I6N6O18. The minimum atomic E-state index is -1.29. The van der Waals surface area contributed by atoms with E-state index in [0.717, 1.165) is 9.80 Å². The lowest BCUT2D eigenvalue weighted by molar-refractivity contribution is -0.117. The van der Waals surface area contributed by atoms with Gasteiger partial charge in [-0.2, -0.15) is 0 Å². The monoisotopic (exact) mass is 1640 g/mol. The van der Waals surface area contributed by atoms with Crippen molar-refractivity contribution in [1.29, 1.82) is 0 Å². The molecule has 6 amide bonds. The first-order valence-electron chi connectivity index (χ1n) is 19.6. The van der Waals surface area contributed by atoms with Gasteiger partial charge in [0, 0.05) is 47.2 Å². The molecule has 24 nitrogen and oxygen atoms in total. The maximum absolute atomic E-state index is 13.0. The highest BCUT2D eigenvalue weighted by atomic mass is 127. The van der Waals surface area contributed by atoms with Crippen molar-refractivity contribution in [3.05, 3.63) is 43.7 Å². The number of amides is 6. The lowest BCUT2D eigenvalue weighted by atomic mass is 10.1. The molecular weight excluding hydrogens is 1590 g/mol. The number of hydrogen-bond donors (Lipinski definition) is 16. The molecule has 2 aromatic carbocycles. The number of benzene rings is 2. The Balaban J connectivity index is 0.000000680. The Hall–Kier alpha value is -0.840. The molecule has 0 aromatic heterocycles. The summed E-state index contributed by atoms with van der Waals surface area (Å²) >= 11 is 10.9. The second-order valence-electron chi connectivity index (χ2n) is 14.2. The Kier molecular flexibility index (Phi) is 31.0. The fourth-order valence-corrected chi connectivity index (χ4v) is 14.8. The van der Waals surface area contributed by atoms with Crippen LogP contribution in [0.5, 0.6) is 0 Å². The van der Waals surface area contributed by atoms with Crippen molar-refractivity contribution in [2.45, 2.75) is 50.5 Å². The lowest BCUT2D eigenvalue weighted by Crippen LogP contribution is -2.41. The number of nitrogens with zero attached hydrogens (tertiary/aromatic N) is 2. The lowest BCUT2D eigenvalue weighted by Gasteiger charge is -2.28. The second kappa shape index (κ2) is 32.4. The number of halogens is 6. The highest BCUT2D eigenvalue weighted by molar-refractivity contribution is 14.1. The number of nitrogens with one attached hydrogen (secondary N) is 4. The summed E-state index contributed by atoms with van der Waals surface area (Å²) in [6.45, 7) is -2.83. The van der Waals surface area contributed by atoms with Gasteiger partial charge < -0.3 is 92.3 Å². The molecule has 0 aliphatic rings. The number of aliphatic hydroxyl groups excluding tert-OH is 12. The fourth-order valence-electron chi connectivity index (χ4n) is 5.32. The van der Waals surface area contributed by atoms with Crippen LogP contribution in [-0.4, -0.2) is 212 Å². The van der Waals surface area contributed by atoms with Crippen molar-refractivity contribution < 1.29 is 90.0 Å². The summed E-state index contributed by atoms with van der Waals surface area (Å²) in [6, 6.07) is 0. The summed E-state index contributed by atoms with van der Waals surface area (Å²) in [5.41, 5.74) is 0.363. The zero-order valence-corrected chi connectivity index (χ0v) is 48.9. The van der Waals surface area contributed by atoms with Gasteiger partial charge in [0.2, 0.25) is 11.8 Å². The average molecular weight is 1640 g/mol. The van der Waals surface area contributed by atoms with E-state index >= 15 is 0 Å². The van der Waals surface area contributed by atoms with E-state index in [-0.39, 0.29) is 94.3 Å². The Morgan fingerprint density at radius 2 is 0.574 bits per heavy atom. The molecule has 6 atom stereocenters. The number of carbonyl (C=O) groups excluding carboxylic acids is 6. The van der Waals surface area contributed by atoms with Gasteiger partial charge in [-0.05, 0) is 136 Å². The first-order chi connectivity index (χ1) is 31.8. The minimum Gasteiger partial charge on any atom is -0.394 e. The molecule has 6 unspecified atom stereocenters. The van der Waals surface area contributed by atoms with Crippen molar-refractivity contribution in [3.63, 3.8) is 0 Å². The highest BCUT2D eigenvalue weighted by Gasteiger charge is 2.34. The molecule has 16 N–H and O–H groups in total. The Morgan fingerprint density at radius 3 is 0.735 bits per heavy atom. The van der Waals surface area contributed by atoms with Crippen molar-refractivity contribution in [2.24, 2.45) is 0 Å². The Morgan fingerprint density at radius 1 is 0.382 bits per heavy atom. The molecule has 0 saturated carbocycles. The SMILES string of the molecule is CC(=O)N(CC(O)CO)c1c(I)c(C(=O)NCC(O)CO)c(I)c(C(=O)NCC(O)CO)c1I.CC(=O)N(CC(O)CO)c1c(I)c(C(=O)NCC(O)CO)c(I)c(C(=O)NCC(O)CO)c1I. The largest absolute Gasteiger partial charge is 0.394 e. The van der Waals surface area contributed by atoms with E-state index in [2.05, 4.69) is 21.3 Å². The molecule has 0 spiro atoms. The molecule has 0 aliphatic heterocycles. The normalized spacial score (nSPS) is 13.7. The molecule has 384 valence electrons. The molecule has 68 heavy (non-hydrogen) atoms. The summed E-state index contributed by atoms with van der Waals surface area (Å²) in [6.07, 6.45) is -7.41. The van der Waals surface area contributed by atoms with Crippen LogP contribution in [0.4, 0.5) is 11.4 Å².